The average Bonchev–Trinajstić information content (AvgIpc) is 3.21. The fourth-order valence-corrected chi connectivity index (χ4v) is 5.19. The van der Waals surface area contributed by atoms with Gasteiger partial charge in [-0.15, -0.1) is 0 Å². The second-order valence-corrected chi connectivity index (χ2v) is 10.0. The normalized spacial score (nSPS) is 21.7. The summed E-state index contributed by atoms with van der Waals surface area (Å²) in [6.45, 7) is 8.44. The number of hydrogen-bond acceptors (Lipinski definition) is 2. The maximum Gasteiger partial charge on any atom is 0.248 e. The Labute approximate surface area is 174 Å². The van der Waals surface area contributed by atoms with Crippen molar-refractivity contribution >= 4 is 11.8 Å². The molecule has 4 nitrogen and oxygen atoms in total. The molecule has 1 aromatic rings. The highest BCUT2D eigenvalue weighted by Crippen LogP contribution is 2.52. The molecule has 0 aromatic heterocycles. The van der Waals surface area contributed by atoms with Crippen LogP contribution in [0.3, 0.4) is 0 Å². The van der Waals surface area contributed by atoms with Crippen LogP contribution in [-0.2, 0) is 9.59 Å². The van der Waals surface area contributed by atoms with Crippen LogP contribution in [0.25, 0.3) is 0 Å². The second-order valence-electron chi connectivity index (χ2n) is 10.0. The van der Waals surface area contributed by atoms with Crippen molar-refractivity contribution in [2.24, 2.45) is 5.41 Å². The fourth-order valence-electron chi connectivity index (χ4n) is 5.19. The van der Waals surface area contributed by atoms with Crippen LogP contribution in [0.2, 0.25) is 0 Å². The molecule has 1 heterocycles. The highest BCUT2D eigenvalue weighted by Gasteiger charge is 2.43. The third-order valence-electron chi connectivity index (χ3n) is 6.50. The summed E-state index contributed by atoms with van der Waals surface area (Å²) in [4.78, 5) is 28.3. The van der Waals surface area contributed by atoms with Gasteiger partial charge in [-0.25, -0.2) is 0 Å². The predicted octanol–water partition coefficient (Wildman–Crippen LogP) is 4.61. The summed E-state index contributed by atoms with van der Waals surface area (Å²) < 4.78 is 0. The number of allylic oxidation sites excluding steroid dienone is 1. The van der Waals surface area contributed by atoms with Gasteiger partial charge in [-0.3, -0.25) is 9.59 Å². The molecule has 1 atom stereocenters. The number of benzene rings is 1. The topological polar surface area (TPSA) is 49.4 Å². The molecule has 0 saturated heterocycles. The highest BCUT2D eigenvalue weighted by molar-refractivity contribution is 5.96. The van der Waals surface area contributed by atoms with Gasteiger partial charge in [0.05, 0.1) is 0 Å². The number of carbonyl (C=O) groups excluding carboxylic acids is 2. The molecule has 1 N–H and O–H groups in total. The zero-order chi connectivity index (χ0) is 20.8. The number of aryl methyl sites for hydroxylation is 1. The van der Waals surface area contributed by atoms with E-state index in [1.165, 1.54) is 36.8 Å². The van der Waals surface area contributed by atoms with E-state index in [0.717, 1.165) is 17.5 Å². The van der Waals surface area contributed by atoms with Crippen LogP contribution >= 0.6 is 0 Å². The first kappa shape index (κ1) is 19.9. The minimum atomic E-state index is -0.623. The summed E-state index contributed by atoms with van der Waals surface area (Å²) in [6, 6.07) is 7.26. The molecule has 1 unspecified atom stereocenters. The number of nitrogens with one attached hydrogen (secondary N) is 1. The van der Waals surface area contributed by atoms with Crippen LogP contribution in [-0.4, -0.2) is 28.8 Å². The zero-order valence-electron chi connectivity index (χ0n) is 18.0. The third kappa shape index (κ3) is 3.90. The van der Waals surface area contributed by atoms with E-state index in [4.69, 9.17) is 0 Å². The SMILES string of the molecule is Cc1ccccc1C(C(=O)NC(C)(C)C)N1CC2=CC3(CCCC3)CC2=CC1=O. The number of rotatable bonds is 3. The average molecular weight is 393 g/mol. The van der Waals surface area contributed by atoms with E-state index in [-0.39, 0.29) is 22.8 Å². The van der Waals surface area contributed by atoms with E-state index < -0.39 is 6.04 Å². The summed E-state index contributed by atoms with van der Waals surface area (Å²) >= 11 is 0. The van der Waals surface area contributed by atoms with Crippen LogP contribution in [0.15, 0.2) is 47.6 Å². The van der Waals surface area contributed by atoms with Crippen molar-refractivity contribution in [3.63, 3.8) is 0 Å². The van der Waals surface area contributed by atoms with Crippen molar-refractivity contribution in [2.75, 3.05) is 6.54 Å². The van der Waals surface area contributed by atoms with Gasteiger partial charge in [-0.1, -0.05) is 43.2 Å². The summed E-state index contributed by atoms with van der Waals surface area (Å²) in [5, 5.41) is 3.10. The van der Waals surface area contributed by atoms with Crippen LogP contribution in [0.4, 0.5) is 0 Å². The van der Waals surface area contributed by atoms with E-state index in [1.54, 1.807) is 11.0 Å². The lowest BCUT2D eigenvalue weighted by molar-refractivity contribution is -0.138. The zero-order valence-corrected chi connectivity index (χ0v) is 18.0. The van der Waals surface area contributed by atoms with E-state index in [2.05, 4.69) is 11.4 Å². The minimum Gasteiger partial charge on any atom is -0.349 e. The van der Waals surface area contributed by atoms with Crippen LogP contribution < -0.4 is 5.32 Å². The van der Waals surface area contributed by atoms with Gasteiger partial charge in [-0.2, -0.15) is 0 Å². The molecule has 29 heavy (non-hydrogen) atoms. The molecule has 1 fully saturated rings. The number of fused-ring (bicyclic) bond motifs is 1. The number of hydrogen-bond donors (Lipinski definition) is 1. The second kappa shape index (κ2) is 7.16. The summed E-state index contributed by atoms with van der Waals surface area (Å²) in [6.07, 6.45) is 10.2. The van der Waals surface area contributed by atoms with Crippen molar-refractivity contribution in [3.05, 3.63) is 58.7 Å². The molecular formula is C25H32N2O2. The molecule has 4 heteroatoms. The van der Waals surface area contributed by atoms with Gasteiger partial charge in [-0.05, 0) is 74.6 Å². The summed E-state index contributed by atoms with van der Waals surface area (Å²) in [7, 11) is 0. The molecule has 0 bridgehead atoms. The Morgan fingerprint density at radius 2 is 1.83 bits per heavy atom. The molecule has 3 aliphatic rings. The van der Waals surface area contributed by atoms with E-state index in [0.29, 0.717) is 6.54 Å². The molecule has 1 aliphatic heterocycles. The van der Waals surface area contributed by atoms with Crippen LogP contribution in [0.1, 0.15) is 70.0 Å². The number of amides is 2. The lowest BCUT2D eigenvalue weighted by Crippen LogP contribution is -2.50. The van der Waals surface area contributed by atoms with E-state index >= 15 is 0 Å². The lowest BCUT2D eigenvalue weighted by Gasteiger charge is -2.36. The fraction of sp³-hybridized carbons (Fsp3) is 0.520. The van der Waals surface area contributed by atoms with Crippen LogP contribution in [0, 0.1) is 12.3 Å². The van der Waals surface area contributed by atoms with Crippen molar-refractivity contribution in [3.8, 4) is 0 Å². The third-order valence-corrected chi connectivity index (χ3v) is 6.50. The Hall–Kier alpha value is -2.36. The van der Waals surface area contributed by atoms with E-state index in [1.807, 2.05) is 52.0 Å². The first-order valence-corrected chi connectivity index (χ1v) is 10.8. The van der Waals surface area contributed by atoms with Gasteiger partial charge >= 0.3 is 0 Å². The van der Waals surface area contributed by atoms with Gasteiger partial charge in [0.2, 0.25) is 11.8 Å². The smallest absolute Gasteiger partial charge is 0.248 e. The first-order chi connectivity index (χ1) is 13.7. The predicted molar refractivity (Wildman–Crippen MR) is 115 cm³/mol. The standard InChI is InChI=1S/C25H32N2O2/c1-17-9-5-6-10-20(17)22(23(29)26-24(2,3)4)27-16-19-15-25(11-7-8-12-25)14-18(19)13-21(27)28/h5-6,9-10,13,15,22H,7-8,11-12,14,16H2,1-4H3,(H,26,29). The van der Waals surface area contributed by atoms with Gasteiger partial charge in [0.1, 0.15) is 6.04 Å². The summed E-state index contributed by atoms with van der Waals surface area (Å²) in [5.74, 6) is -0.171. The van der Waals surface area contributed by atoms with Crippen molar-refractivity contribution in [1.82, 2.24) is 10.2 Å². The molecule has 0 radical (unpaired) electrons. The number of nitrogens with zero attached hydrogens (tertiary/aromatic N) is 1. The van der Waals surface area contributed by atoms with Gasteiger partial charge in [0.15, 0.2) is 0 Å². The quantitative estimate of drug-likeness (QED) is 0.817. The first-order valence-electron chi connectivity index (χ1n) is 10.8. The maximum atomic E-state index is 13.4. The number of carbonyl (C=O) groups is 2. The lowest BCUT2D eigenvalue weighted by atomic mass is 9.85. The Bertz CT molecular complexity index is 898. The van der Waals surface area contributed by atoms with Crippen molar-refractivity contribution in [2.45, 2.75) is 71.4 Å². The Morgan fingerprint density at radius 3 is 2.48 bits per heavy atom. The Kier molecular flexibility index (Phi) is 4.92. The molecule has 1 aromatic carbocycles. The van der Waals surface area contributed by atoms with Crippen LogP contribution in [0.5, 0.6) is 0 Å². The molecular weight excluding hydrogens is 360 g/mol. The minimum absolute atomic E-state index is 0.0514. The Morgan fingerprint density at radius 1 is 1.14 bits per heavy atom. The van der Waals surface area contributed by atoms with Gasteiger partial charge in [0.25, 0.3) is 0 Å². The van der Waals surface area contributed by atoms with Crippen molar-refractivity contribution < 1.29 is 9.59 Å². The monoisotopic (exact) mass is 392 g/mol. The molecule has 2 aliphatic carbocycles. The van der Waals surface area contributed by atoms with Crippen molar-refractivity contribution in [1.29, 1.82) is 0 Å². The maximum absolute atomic E-state index is 13.4. The molecule has 1 saturated carbocycles. The molecule has 154 valence electrons. The van der Waals surface area contributed by atoms with E-state index in [9.17, 15) is 9.59 Å². The molecule has 4 rings (SSSR count). The van der Waals surface area contributed by atoms with Gasteiger partial charge in [0, 0.05) is 18.2 Å². The molecule has 1 spiro atoms. The Balaban J connectivity index is 1.71. The highest BCUT2D eigenvalue weighted by atomic mass is 16.2. The summed E-state index contributed by atoms with van der Waals surface area (Å²) in [5.41, 5.74) is 4.24. The molecule has 2 amide bonds. The largest absolute Gasteiger partial charge is 0.349 e. The van der Waals surface area contributed by atoms with Gasteiger partial charge < -0.3 is 10.2 Å².